The molecule has 78 valence electrons. The van der Waals surface area contributed by atoms with Gasteiger partial charge in [0.15, 0.2) is 0 Å². The lowest BCUT2D eigenvalue weighted by atomic mass is 10.2. The molecule has 0 aliphatic carbocycles. The van der Waals surface area contributed by atoms with Gasteiger partial charge >= 0.3 is 6.09 Å². The molecular formula is C7H18N4O2. The van der Waals surface area contributed by atoms with E-state index in [2.05, 4.69) is 5.32 Å². The van der Waals surface area contributed by atoms with Crippen molar-refractivity contribution in [2.75, 3.05) is 6.54 Å². The quantitative estimate of drug-likeness (QED) is 0.418. The van der Waals surface area contributed by atoms with Gasteiger partial charge in [0.25, 0.3) is 0 Å². The molecule has 0 aliphatic heterocycles. The summed E-state index contributed by atoms with van der Waals surface area (Å²) in [6.45, 7) is 5.23. The minimum Gasteiger partial charge on any atom is -0.444 e. The maximum Gasteiger partial charge on any atom is 0.407 e. The second-order valence-electron chi connectivity index (χ2n) is 3.97. The van der Waals surface area contributed by atoms with Crippen LogP contribution in [-0.4, -0.2) is 24.0 Å². The fourth-order valence-corrected chi connectivity index (χ4v) is 0.539. The summed E-state index contributed by atoms with van der Waals surface area (Å²) in [5.41, 5.74) is 15.2. The molecule has 0 saturated carbocycles. The first-order valence-electron chi connectivity index (χ1n) is 3.94. The number of carbonyl (C=O) groups excluding carboxylic acids is 1. The van der Waals surface area contributed by atoms with Gasteiger partial charge in [-0.05, 0) is 20.8 Å². The summed E-state index contributed by atoms with van der Waals surface area (Å²) in [5, 5.41) is 2.34. The maximum atomic E-state index is 11.0. The topological polar surface area (TPSA) is 116 Å². The fourth-order valence-electron chi connectivity index (χ4n) is 0.539. The van der Waals surface area contributed by atoms with Gasteiger partial charge in [0.1, 0.15) is 11.4 Å². The molecule has 0 unspecified atom stereocenters. The molecule has 0 atom stereocenters. The van der Waals surface area contributed by atoms with Gasteiger partial charge in [-0.3, -0.25) is 17.2 Å². The summed E-state index contributed by atoms with van der Waals surface area (Å²) in [6.07, 6.45) is -0.585. The van der Waals surface area contributed by atoms with E-state index in [4.69, 9.17) is 21.9 Å². The molecule has 7 N–H and O–H groups in total. The van der Waals surface area contributed by atoms with Crippen LogP contribution in [0.5, 0.6) is 0 Å². The molecule has 6 nitrogen and oxygen atoms in total. The van der Waals surface area contributed by atoms with E-state index in [9.17, 15) is 4.79 Å². The van der Waals surface area contributed by atoms with Crippen molar-refractivity contribution in [3.8, 4) is 0 Å². The first kappa shape index (κ1) is 12.2. The number of hydrogen-bond donors (Lipinski definition) is 4. The van der Waals surface area contributed by atoms with E-state index >= 15 is 0 Å². The van der Waals surface area contributed by atoms with Gasteiger partial charge in [-0.2, -0.15) is 0 Å². The summed E-state index contributed by atoms with van der Waals surface area (Å²) in [4.78, 5) is 11.0. The molecule has 0 aromatic carbocycles. The lowest BCUT2D eigenvalue weighted by molar-refractivity contribution is 0.0515. The predicted molar refractivity (Wildman–Crippen MR) is 49.5 cm³/mol. The monoisotopic (exact) mass is 190 g/mol. The molecule has 1 amide bonds. The van der Waals surface area contributed by atoms with E-state index in [0.29, 0.717) is 0 Å². The second kappa shape index (κ2) is 3.91. The summed E-state index contributed by atoms with van der Waals surface area (Å²) >= 11 is 0. The molecule has 0 spiro atoms. The van der Waals surface area contributed by atoms with Crippen molar-refractivity contribution in [1.82, 2.24) is 5.32 Å². The molecule has 0 aliphatic rings. The average molecular weight is 190 g/mol. The van der Waals surface area contributed by atoms with Crippen molar-refractivity contribution in [1.29, 1.82) is 0 Å². The number of carbonyl (C=O) groups is 1. The van der Waals surface area contributed by atoms with Crippen LogP contribution in [-0.2, 0) is 4.74 Å². The lowest BCUT2D eigenvalue weighted by Crippen LogP contribution is -2.64. The Morgan fingerprint density at radius 3 is 2.08 bits per heavy atom. The van der Waals surface area contributed by atoms with Crippen LogP contribution in [0.3, 0.4) is 0 Å². The van der Waals surface area contributed by atoms with Crippen molar-refractivity contribution in [2.45, 2.75) is 32.2 Å². The normalized spacial score (nSPS) is 12.5. The van der Waals surface area contributed by atoms with Crippen molar-refractivity contribution in [3.05, 3.63) is 0 Å². The number of nitrogens with one attached hydrogen (secondary N) is 1. The molecule has 0 radical (unpaired) electrons. The molecule has 0 aromatic rings. The van der Waals surface area contributed by atoms with E-state index in [-0.39, 0.29) is 6.54 Å². The number of amides is 1. The Morgan fingerprint density at radius 1 is 1.31 bits per heavy atom. The summed E-state index contributed by atoms with van der Waals surface area (Å²) in [7, 11) is 0. The Bertz CT molecular complexity index is 180. The molecule has 0 fully saturated rings. The summed E-state index contributed by atoms with van der Waals surface area (Å²) in [5.74, 6) is -1.41. The molecule has 0 rings (SSSR count). The van der Waals surface area contributed by atoms with Crippen molar-refractivity contribution >= 4 is 6.09 Å². The van der Waals surface area contributed by atoms with Crippen molar-refractivity contribution in [2.24, 2.45) is 17.2 Å². The molecule has 0 bridgehead atoms. The van der Waals surface area contributed by atoms with E-state index < -0.39 is 17.5 Å². The minimum atomic E-state index is -1.41. The zero-order chi connectivity index (χ0) is 10.7. The van der Waals surface area contributed by atoms with Crippen LogP contribution in [0.1, 0.15) is 20.8 Å². The Hall–Kier alpha value is -0.850. The van der Waals surface area contributed by atoms with E-state index in [1.165, 1.54) is 0 Å². The van der Waals surface area contributed by atoms with Gasteiger partial charge in [-0.15, -0.1) is 0 Å². The Kier molecular flexibility index (Phi) is 3.65. The van der Waals surface area contributed by atoms with Crippen LogP contribution in [0.25, 0.3) is 0 Å². The van der Waals surface area contributed by atoms with Crippen LogP contribution >= 0.6 is 0 Å². The fraction of sp³-hybridized carbons (Fsp3) is 0.857. The zero-order valence-corrected chi connectivity index (χ0v) is 8.26. The highest BCUT2D eigenvalue weighted by Gasteiger charge is 2.18. The molecular weight excluding hydrogens is 172 g/mol. The number of alkyl carbamates (subject to hydrolysis) is 1. The highest BCUT2D eigenvalue weighted by Crippen LogP contribution is 2.06. The van der Waals surface area contributed by atoms with Crippen LogP contribution in [0, 0.1) is 0 Å². The van der Waals surface area contributed by atoms with Gasteiger partial charge in [0, 0.05) is 0 Å². The van der Waals surface area contributed by atoms with Crippen LogP contribution < -0.4 is 22.5 Å². The maximum absolute atomic E-state index is 11.0. The zero-order valence-electron chi connectivity index (χ0n) is 8.26. The van der Waals surface area contributed by atoms with Gasteiger partial charge in [0.2, 0.25) is 0 Å². The van der Waals surface area contributed by atoms with Crippen molar-refractivity contribution in [3.63, 3.8) is 0 Å². The van der Waals surface area contributed by atoms with E-state index in [1.807, 2.05) is 0 Å². The Labute approximate surface area is 77.8 Å². The highest BCUT2D eigenvalue weighted by molar-refractivity contribution is 5.67. The molecule has 6 heteroatoms. The standard InChI is InChI=1S/C7H18N4O2/c1-6(2,3)13-5(12)11-4-7(8,9)10/h4,8-10H2,1-3H3,(H,11,12). The van der Waals surface area contributed by atoms with Crippen molar-refractivity contribution < 1.29 is 9.53 Å². The first-order valence-corrected chi connectivity index (χ1v) is 3.94. The smallest absolute Gasteiger partial charge is 0.407 e. The SMILES string of the molecule is CC(C)(C)OC(=O)NCC(N)(N)N. The van der Waals surface area contributed by atoms with Gasteiger partial charge in [0.05, 0.1) is 6.54 Å². The molecule has 0 saturated heterocycles. The number of hydrogen-bond acceptors (Lipinski definition) is 5. The Morgan fingerprint density at radius 2 is 1.77 bits per heavy atom. The third-order valence-corrected chi connectivity index (χ3v) is 0.938. The number of ether oxygens (including phenoxy) is 1. The summed E-state index contributed by atoms with van der Waals surface area (Å²) < 4.78 is 4.92. The first-order chi connectivity index (χ1) is 5.60. The predicted octanol–water partition coefficient (Wildman–Crippen LogP) is -0.959. The number of rotatable bonds is 2. The van der Waals surface area contributed by atoms with Gasteiger partial charge < -0.3 is 10.1 Å². The lowest BCUT2D eigenvalue weighted by Gasteiger charge is -2.22. The average Bonchev–Trinajstić information content (AvgIpc) is 1.78. The molecule has 0 heterocycles. The Balaban J connectivity index is 3.78. The van der Waals surface area contributed by atoms with Crippen LogP contribution in [0.15, 0.2) is 0 Å². The van der Waals surface area contributed by atoms with Gasteiger partial charge in [-0.25, -0.2) is 4.79 Å². The third-order valence-electron chi connectivity index (χ3n) is 0.938. The summed E-state index contributed by atoms with van der Waals surface area (Å²) in [6, 6.07) is 0. The molecule has 13 heavy (non-hydrogen) atoms. The van der Waals surface area contributed by atoms with Crippen LogP contribution in [0.2, 0.25) is 0 Å². The van der Waals surface area contributed by atoms with E-state index in [0.717, 1.165) is 0 Å². The van der Waals surface area contributed by atoms with E-state index in [1.54, 1.807) is 20.8 Å². The highest BCUT2D eigenvalue weighted by atomic mass is 16.6. The van der Waals surface area contributed by atoms with Crippen LogP contribution in [0.4, 0.5) is 4.79 Å². The third kappa shape index (κ3) is 9.06. The number of nitrogens with two attached hydrogens (primary N) is 3. The molecule has 0 aromatic heterocycles. The minimum absolute atomic E-state index is 0.0398. The largest absolute Gasteiger partial charge is 0.444 e. The van der Waals surface area contributed by atoms with Gasteiger partial charge in [-0.1, -0.05) is 0 Å². The second-order valence-corrected chi connectivity index (χ2v) is 3.97.